The molecule has 3 rings (SSSR count). The van der Waals surface area contributed by atoms with Crippen molar-refractivity contribution in [2.45, 2.75) is 31.4 Å². The molecule has 1 saturated carbocycles. The summed E-state index contributed by atoms with van der Waals surface area (Å²) in [6.45, 7) is 0. The first-order valence-electron chi connectivity index (χ1n) is 7.13. The van der Waals surface area contributed by atoms with Gasteiger partial charge >= 0.3 is 0 Å². The van der Waals surface area contributed by atoms with Gasteiger partial charge in [0.15, 0.2) is 0 Å². The highest BCUT2D eigenvalue weighted by atomic mass is 32.1. The number of carbonyl (C=O) groups excluding carboxylic acids is 1. The third kappa shape index (κ3) is 3.49. The van der Waals surface area contributed by atoms with Crippen molar-refractivity contribution in [1.82, 2.24) is 10.3 Å². The van der Waals surface area contributed by atoms with E-state index in [4.69, 9.17) is 0 Å². The van der Waals surface area contributed by atoms with Crippen molar-refractivity contribution in [2.75, 3.05) is 0 Å². The maximum atomic E-state index is 12.2. The summed E-state index contributed by atoms with van der Waals surface area (Å²) < 4.78 is 0. The minimum Gasteiger partial charge on any atom is -0.393 e. The van der Waals surface area contributed by atoms with Crippen molar-refractivity contribution in [3.63, 3.8) is 0 Å². The lowest BCUT2D eigenvalue weighted by molar-refractivity contribution is -0.122. The van der Waals surface area contributed by atoms with Gasteiger partial charge in [0.2, 0.25) is 5.91 Å². The monoisotopic (exact) mass is 302 g/mol. The zero-order valence-electron chi connectivity index (χ0n) is 11.6. The van der Waals surface area contributed by atoms with Crippen LogP contribution in [-0.2, 0) is 11.2 Å². The Morgan fingerprint density at radius 1 is 1.38 bits per heavy atom. The molecule has 0 spiro atoms. The molecule has 0 saturated heterocycles. The second kappa shape index (κ2) is 6.37. The fraction of sp³-hybridized carbons (Fsp3) is 0.375. The number of aliphatic hydroxyl groups is 1. The van der Waals surface area contributed by atoms with Crippen molar-refractivity contribution in [2.24, 2.45) is 5.92 Å². The summed E-state index contributed by atoms with van der Waals surface area (Å²) in [5.74, 6) is 0.305. The lowest BCUT2D eigenvalue weighted by Crippen LogP contribution is -2.41. The number of amides is 1. The molecule has 0 bridgehead atoms. The van der Waals surface area contributed by atoms with Crippen molar-refractivity contribution in [3.05, 3.63) is 52.5 Å². The topological polar surface area (TPSA) is 62.2 Å². The third-order valence-electron chi connectivity index (χ3n) is 3.86. The van der Waals surface area contributed by atoms with Gasteiger partial charge in [-0.3, -0.25) is 9.78 Å². The summed E-state index contributed by atoms with van der Waals surface area (Å²) in [4.78, 5) is 17.6. The standard InChI is InChI=1S/C16H18N2O2S/c19-13-8-11(9-13)16(14-5-3-7-21-14)18-15(20)10-12-4-1-2-6-17-12/h1-7,11,13,16,19H,8-10H2,(H,18,20)/t11?,13?,16-/m1/s1. The highest BCUT2D eigenvalue weighted by molar-refractivity contribution is 7.10. The van der Waals surface area contributed by atoms with Crippen molar-refractivity contribution >= 4 is 17.2 Å². The number of thiophene rings is 1. The average Bonchev–Trinajstić information content (AvgIpc) is 2.97. The van der Waals surface area contributed by atoms with Crippen LogP contribution in [0.5, 0.6) is 0 Å². The number of hydrogen-bond donors (Lipinski definition) is 2. The number of hydrogen-bond acceptors (Lipinski definition) is 4. The zero-order chi connectivity index (χ0) is 14.7. The van der Waals surface area contributed by atoms with Crippen LogP contribution in [0.3, 0.4) is 0 Å². The predicted octanol–water partition coefficient (Wildman–Crippen LogP) is 2.31. The van der Waals surface area contributed by atoms with E-state index >= 15 is 0 Å². The van der Waals surface area contributed by atoms with Gasteiger partial charge in [-0.25, -0.2) is 0 Å². The Morgan fingerprint density at radius 3 is 2.86 bits per heavy atom. The van der Waals surface area contributed by atoms with E-state index in [1.807, 2.05) is 35.7 Å². The van der Waals surface area contributed by atoms with Gasteiger partial charge in [-0.2, -0.15) is 0 Å². The highest BCUT2D eigenvalue weighted by Gasteiger charge is 2.36. The van der Waals surface area contributed by atoms with Crippen LogP contribution in [0, 0.1) is 5.92 Å². The summed E-state index contributed by atoms with van der Waals surface area (Å²) in [6.07, 6.45) is 3.28. The summed E-state index contributed by atoms with van der Waals surface area (Å²) in [7, 11) is 0. The van der Waals surface area contributed by atoms with Crippen molar-refractivity contribution in [3.8, 4) is 0 Å². The van der Waals surface area contributed by atoms with E-state index in [2.05, 4.69) is 10.3 Å². The van der Waals surface area contributed by atoms with Crippen LogP contribution in [0.15, 0.2) is 41.9 Å². The Kier molecular flexibility index (Phi) is 4.31. The van der Waals surface area contributed by atoms with Gasteiger partial charge in [-0.1, -0.05) is 12.1 Å². The average molecular weight is 302 g/mol. The lowest BCUT2D eigenvalue weighted by atomic mass is 9.76. The first-order chi connectivity index (χ1) is 10.2. The molecule has 2 aromatic heterocycles. The molecule has 2 heterocycles. The first kappa shape index (κ1) is 14.2. The number of nitrogens with one attached hydrogen (secondary N) is 1. The maximum Gasteiger partial charge on any atom is 0.226 e. The van der Waals surface area contributed by atoms with Gasteiger partial charge in [0.1, 0.15) is 0 Å². The van der Waals surface area contributed by atoms with Gasteiger partial charge in [0, 0.05) is 16.8 Å². The maximum absolute atomic E-state index is 12.2. The van der Waals surface area contributed by atoms with E-state index in [9.17, 15) is 9.90 Å². The van der Waals surface area contributed by atoms with Crippen LogP contribution in [0.25, 0.3) is 0 Å². The fourth-order valence-corrected chi connectivity index (χ4v) is 3.55. The highest BCUT2D eigenvalue weighted by Crippen LogP contribution is 2.39. The number of pyridine rings is 1. The van der Waals surface area contributed by atoms with Crippen molar-refractivity contribution < 1.29 is 9.90 Å². The van der Waals surface area contributed by atoms with E-state index in [0.29, 0.717) is 5.92 Å². The number of nitrogens with zero attached hydrogens (tertiary/aromatic N) is 1. The largest absolute Gasteiger partial charge is 0.393 e. The molecule has 1 amide bonds. The van der Waals surface area contributed by atoms with Gasteiger partial charge in [-0.05, 0) is 42.3 Å². The molecular formula is C16H18N2O2S. The lowest BCUT2D eigenvalue weighted by Gasteiger charge is -2.37. The van der Waals surface area contributed by atoms with E-state index in [-0.39, 0.29) is 24.5 Å². The Balaban J connectivity index is 1.65. The Hall–Kier alpha value is -1.72. The number of aliphatic hydroxyl groups excluding tert-OH is 1. The smallest absolute Gasteiger partial charge is 0.226 e. The Labute approximate surface area is 127 Å². The van der Waals surface area contributed by atoms with E-state index < -0.39 is 0 Å². The van der Waals surface area contributed by atoms with Gasteiger partial charge in [-0.15, -0.1) is 11.3 Å². The molecule has 110 valence electrons. The van der Waals surface area contributed by atoms with Crippen LogP contribution >= 0.6 is 11.3 Å². The van der Waals surface area contributed by atoms with Crippen LogP contribution in [0.1, 0.15) is 29.5 Å². The van der Waals surface area contributed by atoms with Crippen LogP contribution in [-0.4, -0.2) is 22.1 Å². The zero-order valence-corrected chi connectivity index (χ0v) is 12.4. The van der Waals surface area contributed by atoms with Crippen LogP contribution in [0.2, 0.25) is 0 Å². The molecule has 2 N–H and O–H groups in total. The number of aromatic nitrogens is 1. The molecule has 0 aromatic carbocycles. The number of carbonyl (C=O) groups is 1. The molecule has 0 radical (unpaired) electrons. The second-order valence-corrected chi connectivity index (χ2v) is 6.42. The summed E-state index contributed by atoms with van der Waals surface area (Å²) in [5.41, 5.74) is 0.772. The van der Waals surface area contributed by atoms with Gasteiger partial charge in [0.25, 0.3) is 0 Å². The number of rotatable bonds is 5. The molecule has 4 nitrogen and oxygen atoms in total. The van der Waals surface area contributed by atoms with E-state index in [0.717, 1.165) is 23.4 Å². The first-order valence-corrected chi connectivity index (χ1v) is 8.01. The van der Waals surface area contributed by atoms with Gasteiger partial charge < -0.3 is 10.4 Å². The van der Waals surface area contributed by atoms with Crippen LogP contribution in [0.4, 0.5) is 0 Å². The summed E-state index contributed by atoms with van der Waals surface area (Å²) >= 11 is 1.65. The molecule has 5 heteroatoms. The quantitative estimate of drug-likeness (QED) is 0.891. The third-order valence-corrected chi connectivity index (χ3v) is 4.81. The molecule has 1 aliphatic carbocycles. The van der Waals surface area contributed by atoms with E-state index in [1.165, 1.54) is 0 Å². The summed E-state index contributed by atoms with van der Waals surface area (Å²) in [5, 5.41) is 14.6. The fourth-order valence-electron chi connectivity index (χ4n) is 2.68. The van der Waals surface area contributed by atoms with Crippen LogP contribution < -0.4 is 5.32 Å². The SMILES string of the molecule is O=C(Cc1ccccn1)N[C@@H](c1cccs1)C1CC(O)C1. The molecular weight excluding hydrogens is 284 g/mol. The van der Waals surface area contributed by atoms with Crippen molar-refractivity contribution in [1.29, 1.82) is 0 Å². The van der Waals surface area contributed by atoms with Gasteiger partial charge in [0.05, 0.1) is 18.6 Å². The Bertz CT molecular complexity index is 580. The van der Waals surface area contributed by atoms with E-state index in [1.54, 1.807) is 17.5 Å². The predicted molar refractivity (Wildman–Crippen MR) is 81.9 cm³/mol. The Morgan fingerprint density at radius 2 is 2.24 bits per heavy atom. The summed E-state index contributed by atoms with van der Waals surface area (Å²) in [6, 6.07) is 9.62. The molecule has 21 heavy (non-hydrogen) atoms. The minimum absolute atomic E-state index is 0.00427. The minimum atomic E-state index is -0.217. The molecule has 1 aliphatic rings. The molecule has 1 atom stereocenters. The molecule has 1 fully saturated rings. The molecule has 0 unspecified atom stereocenters. The molecule has 2 aromatic rings. The molecule has 0 aliphatic heterocycles. The second-order valence-electron chi connectivity index (χ2n) is 5.44. The normalized spacial score (nSPS) is 22.3.